The van der Waals surface area contributed by atoms with E-state index in [1.165, 1.54) is 6.08 Å². The van der Waals surface area contributed by atoms with Gasteiger partial charge in [0.25, 0.3) is 0 Å². The smallest absolute Gasteiger partial charge is 0.426 e. The Morgan fingerprint density at radius 2 is 1.66 bits per heavy atom. The summed E-state index contributed by atoms with van der Waals surface area (Å²) in [6.07, 6.45) is -1.47. The number of hydrogen-bond acceptors (Lipinski definition) is 3. The second-order valence-corrected chi connectivity index (χ2v) is 7.93. The Bertz CT molecular complexity index is 696. The van der Waals surface area contributed by atoms with E-state index < -0.39 is 11.2 Å². The van der Waals surface area contributed by atoms with E-state index in [0.717, 1.165) is 6.08 Å². The summed E-state index contributed by atoms with van der Waals surface area (Å²) in [5.41, 5.74) is 0. The third kappa shape index (κ3) is 10.9. The largest absolute Gasteiger partial charge is 0.490 e. The molecule has 0 fully saturated rings. The molecule has 0 saturated heterocycles. The lowest BCUT2D eigenvalue weighted by Gasteiger charge is -2.14. The van der Waals surface area contributed by atoms with E-state index in [1.807, 2.05) is 0 Å². The molecule has 0 aromatic heterocycles. The molecule has 29 heavy (non-hydrogen) atoms. The molecule has 164 valence electrons. The highest BCUT2D eigenvalue weighted by atomic mass is 35.5. The highest BCUT2D eigenvalue weighted by Crippen LogP contribution is 2.37. The van der Waals surface area contributed by atoms with Gasteiger partial charge < -0.3 is 14.2 Å². The van der Waals surface area contributed by atoms with Crippen molar-refractivity contribution in [3.8, 4) is 11.5 Å². The predicted molar refractivity (Wildman–Crippen MR) is 112 cm³/mol. The summed E-state index contributed by atoms with van der Waals surface area (Å²) in [5, 5.41) is -0.666. The minimum atomic E-state index is -4.56. The normalized spacial score (nSPS) is 13.2. The second-order valence-electron chi connectivity index (χ2n) is 5.71. The lowest BCUT2D eigenvalue weighted by molar-refractivity contribution is -0.0852. The Morgan fingerprint density at radius 1 is 1.03 bits per heavy atom. The van der Waals surface area contributed by atoms with Gasteiger partial charge in [-0.1, -0.05) is 58.0 Å². The van der Waals surface area contributed by atoms with Crippen LogP contribution in [0.3, 0.4) is 0 Å². The first kappa shape index (κ1) is 26.5. The molecule has 1 rings (SSSR count). The van der Waals surface area contributed by atoms with E-state index in [0.29, 0.717) is 24.3 Å². The molecule has 0 aliphatic heterocycles. The van der Waals surface area contributed by atoms with E-state index in [2.05, 4.69) is 0 Å². The van der Waals surface area contributed by atoms with Crippen LogP contribution >= 0.6 is 58.0 Å². The quantitative estimate of drug-likeness (QED) is 0.280. The van der Waals surface area contributed by atoms with Gasteiger partial charge in [0, 0.05) is 12.1 Å². The molecule has 0 aliphatic rings. The summed E-state index contributed by atoms with van der Waals surface area (Å²) in [7, 11) is 0. The lowest BCUT2D eigenvalue weighted by Crippen LogP contribution is -2.12. The molecule has 0 aliphatic carbocycles. The van der Waals surface area contributed by atoms with Crippen molar-refractivity contribution in [3.05, 3.63) is 43.9 Å². The predicted octanol–water partition coefficient (Wildman–Crippen LogP) is 7.94. The third-order valence-corrected chi connectivity index (χ3v) is 4.61. The summed E-state index contributed by atoms with van der Waals surface area (Å²) >= 11 is 28.4. The van der Waals surface area contributed by atoms with E-state index in [1.54, 1.807) is 19.1 Å². The Kier molecular flexibility index (Phi) is 11.9. The van der Waals surface area contributed by atoms with E-state index in [4.69, 9.17) is 72.2 Å². The molecule has 1 unspecified atom stereocenters. The molecule has 0 spiro atoms. The molecule has 0 saturated carbocycles. The highest BCUT2D eigenvalue weighted by molar-refractivity contribution is 6.55. The molecular formula is C18H18Cl5F3O3. The molecule has 0 amide bonds. The van der Waals surface area contributed by atoms with Gasteiger partial charge in [0.05, 0.1) is 29.4 Å². The van der Waals surface area contributed by atoms with Crippen molar-refractivity contribution in [2.45, 2.75) is 32.0 Å². The molecule has 0 N–H and O–H groups in total. The fourth-order valence-corrected chi connectivity index (χ4v) is 2.75. The molecule has 0 radical (unpaired) electrons. The van der Waals surface area contributed by atoms with Crippen molar-refractivity contribution >= 4 is 58.0 Å². The van der Waals surface area contributed by atoms with Crippen molar-refractivity contribution < 1.29 is 27.4 Å². The zero-order valence-corrected chi connectivity index (χ0v) is 19.0. The van der Waals surface area contributed by atoms with Crippen LogP contribution in [-0.2, 0) is 4.74 Å². The van der Waals surface area contributed by atoms with Gasteiger partial charge >= 0.3 is 6.18 Å². The van der Waals surface area contributed by atoms with E-state index >= 15 is 0 Å². The number of ether oxygens (including phenoxy) is 3. The van der Waals surface area contributed by atoms with Crippen molar-refractivity contribution in [2.24, 2.45) is 0 Å². The molecule has 0 heterocycles. The van der Waals surface area contributed by atoms with Crippen LogP contribution in [0.1, 0.15) is 19.8 Å². The number of alkyl halides is 3. The van der Waals surface area contributed by atoms with Crippen molar-refractivity contribution in [1.82, 2.24) is 0 Å². The van der Waals surface area contributed by atoms with Gasteiger partial charge in [-0.3, -0.25) is 0 Å². The maximum atomic E-state index is 12.3. The maximum absolute atomic E-state index is 12.3. The lowest BCUT2D eigenvalue weighted by atomic mass is 10.2. The van der Waals surface area contributed by atoms with Crippen molar-refractivity contribution in [3.63, 3.8) is 0 Å². The first-order chi connectivity index (χ1) is 13.5. The Balaban J connectivity index is 2.41. The summed E-state index contributed by atoms with van der Waals surface area (Å²) in [6, 6.07) is 3.09. The van der Waals surface area contributed by atoms with Crippen LogP contribution in [0, 0.1) is 0 Å². The second kappa shape index (κ2) is 13.0. The first-order valence-electron chi connectivity index (χ1n) is 8.31. The summed E-state index contributed by atoms with van der Waals surface area (Å²) < 4.78 is 53.1. The molecule has 1 aromatic rings. The fraction of sp³-hybridized carbons (Fsp3) is 0.444. The van der Waals surface area contributed by atoms with Crippen LogP contribution in [-0.4, -0.2) is 32.1 Å². The zero-order chi connectivity index (χ0) is 22.0. The maximum Gasteiger partial charge on any atom is 0.426 e. The van der Waals surface area contributed by atoms with Crippen molar-refractivity contribution in [1.29, 1.82) is 0 Å². The molecule has 11 heteroatoms. The minimum absolute atomic E-state index is 0.0832. The number of halogens is 8. The van der Waals surface area contributed by atoms with E-state index in [-0.39, 0.29) is 40.5 Å². The average molecular weight is 517 g/mol. The molecular weight excluding hydrogens is 498 g/mol. The average Bonchev–Trinajstić information content (AvgIpc) is 2.59. The summed E-state index contributed by atoms with van der Waals surface area (Å²) in [4.78, 5) is 0. The van der Waals surface area contributed by atoms with Crippen LogP contribution in [0.5, 0.6) is 11.5 Å². The van der Waals surface area contributed by atoms with Gasteiger partial charge in [-0.15, -0.1) is 0 Å². The van der Waals surface area contributed by atoms with Gasteiger partial charge in [0.1, 0.15) is 21.9 Å². The molecule has 0 bridgehead atoms. The SMILES string of the molecule is CC(CCCOc1c(Cl)cc(OCC=C(Cl)Cl)cc1Cl)OC/C=C(\Cl)C(F)(F)F. The van der Waals surface area contributed by atoms with Crippen molar-refractivity contribution in [2.75, 3.05) is 19.8 Å². The topological polar surface area (TPSA) is 27.7 Å². The number of allylic oxidation sites excluding steroid dienone is 1. The van der Waals surface area contributed by atoms with Crippen LogP contribution in [0.15, 0.2) is 33.8 Å². The fourth-order valence-electron chi connectivity index (χ4n) is 1.99. The first-order valence-corrected chi connectivity index (χ1v) is 10.2. The van der Waals surface area contributed by atoms with Crippen LogP contribution < -0.4 is 9.47 Å². The summed E-state index contributed by atoms with van der Waals surface area (Å²) in [5.74, 6) is 0.728. The minimum Gasteiger partial charge on any atom is -0.490 e. The van der Waals surface area contributed by atoms with Gasteiger partial charge in [-0.2, -0.15) is 13.2 Å². The van der Waals surface area contributed by atoms with Crippen LogP contribution in [0.25, 0.3) is 0 Å². The number of rotatable bonds is 11. The van der Waals surface area contributed by atoms with Crippen LogP contribution in [0.4, 0.5) is 13.2 Å². The molecule has 1 aromatic carbocycles. The van der Waals surface area contributed by atoms with Crippen LogP contribution in [0.2, 0.25) is 10.0 Å². The van der Waals surface area contributed by atoms with Gasteiger partial charge in [0.2, 0.25) is 0 Å². The van der Waals surface area contributed by atoms with E-state index in [9.17, 15) is 13.2 Å². The molecule has 3 nitrogen and oxygen atoms in total. The number of hydrogen-bond donors (Lipinski definition) is 0. The monoisotopic (exact) mass is 514 g/mol. The highest BCUT2D eigenvalue weighted by Gasteiger charge is 2.31. The Hall–Kier alpha value is -0.500. The molecule has 1 atom stereocenters. The number of benzene rings is 1. The van der Waals surface area contributed by atoms with Gasteiger partial charge in [-0.05, 0) is 31.9 Å². The zero-order valence-electron chi connectivity index (χ0n) is 15.2. The summed E-state index contributed by atoms with van der Waals surface area (Å²) in [6.45, 7) is 1.94. The van der Waals surface area contributed by atoms with Gasteiger partial charge in [0.15, 0.2) is 5.75 Å². The standard InChI is InChI=1S/C18H18Cl5F3O3/c1-11(27-7-4-15(21)18(24,25)26)3-2-6-29-17-13(19)9-12(10-14(17)20)28-8-5-16(22)23/h4-5,9-11H,2-3,6-8H2,1H3/b15-4-. The third-order valence-electron chi connectivity index (χ3n) is 3.37. The Morgan fingerprint density at radius 3 is 2.21 bits per heavy atom. The Labute approximate surface area is 192 Å². The van der Waals surface area contributed by atoms with Gasteiger partial charge in [-0.25, -0.2) is 0 Å².